The Kier molecular flexibility index (Phi) is 5.06. The van der Waals surface area contributed by atoms with Gasteiger partial charge in [0.25, 0.3) is 5.91 Å². The topological polar surface area (TPSA) is 57.6 Å². The summed E-state index contributed by atoms with van der Waals surface area (Å²) in [6, 6.07) is 12.0. The van der Waals surface area contributed by atoms with Crippen molar-refractivity contribution in [1.29, 1.82) is 0 Å². The van der Waals surface area contributed by atoms with Crippen LogP contribution in [0.5, 0.6) is 0 Å². The minimum atomic E-state index is -1.11. The van der Waals surface area contributed by atoms with Crippen molar-refractivity contribution in [3.63, 3.8) is 0 Å². The largest absolute Gasteiger partial charge is 0.480 e. The zero-order valence-corrected chi connectivity index (χ0v) is 13.2. The Hall–Kier alpha value is -2.04. The van der Waals surface area contributed by atoms with E-state index in [0.717, 1.165) is 0 Å². The highest BCUT2D eigenvalue weighted by molar-refractivity contribution is 6.37. The van der Waals surface area contributed by atoms with Crippen LogP contribution in [-0.2, 0) is 4.79 Å². The number of hydrogen-bond donors (Lipinski definition) is 1. The summed E-state index contributed by atoms with van der Waals surface area (Å²) in [6.07, 6.45) is 0. The van der Waals surface area contributed by atoms with Crippen molar-refractivity contribution >= 4 is 40.8 Å². The molecule has 0 aliphatic rings. The van der Waals surface area contributed by atoms with Crippen molar-refractivity contribution in [3.8, 4) is 0 Å². The standard InChI is InChI=1S/C16H13Cl2NO3/c1-10(16(21)22)19(12-5-3-2-4-6-12)15(20)13-8-7-11(17)9-14(13)18/h2-10H,1H3,(H,21,22). The van der Waals surface area contributed by atoms with Gasteiger partial charge in [0.1, 0.15) is 6.04 Å². The molecule has 2 aromatic carbocycles. The number of carboxylic acid groups (broad SMARTS) is 1. The Balaban J connectivity index is 2.49. The second-order valence-electron chi connectivity index (χ2n) is 4.65. The Morgan fingerprint density at radius 2 is 1.73 bits per heavy atom. The molecule has 2 aromatic rings. The Morgan fingerprint density at radius 1 is 1.09 bits per heavy atom. The summed E-state index contributed by atoms with van der Waals surface area (Å²) in [6.45, 7) is 1.44. The molecule has 0 saturated carbocycles. The van der Waals surface area contributed by atoms with Crippen molar-refractivity contribution in [2.45, 2.75) is 13.0 Å². The fraction of sp³-hybridized carbons (Fsp3) is 0.125. The lowest BCUT2D eigenvalue weighted by atomic mass is 10.1. The van der Waals surface area contributed by atoms with Crippen molar-refractivity contribution in [2.24, 2.45) is 0 Å². The maximum atomic E-state index is 12.8. The number of anilines is 1. The number of nitrogens with zero attached hydrogens (tertiary/aromatic N) is 1. The molecule has 1 unspecified atom stereocenters. The van der Waals surface area contributed by atoms with Crippen LogP contribution in [0.25, 0.3) is 0 Å². The quantitative estimate of drug-likeness (QED) is 0.913. The van der Waals surface area contributed by atoms with Gasteiger partial charge in [-0.2, -0.15) is 0 Å². The van der Waals surface area contributed by atoms with Gasteiger partial charge in [0.2, 0.25) is 0 Å². The number of hydrogen-bond acceptors (Lipinski definition) is 2. The molecule has 0 fully saturated rings. The lowest BCUT2D eigenvalue weighted by Gasteiger charge is -2.27. The molecular formula is C16H13Cl2NO3. The molecule has 0 radical (unpaired) electrons. The monoisotopic (exact) mass is 337 g/mol. The van der Waals surface area contributed by atoms with Crippen LogP contribution in [0.3, 0.4) is 0 Å². The van der Waals surface area contributed by atoms with Crippen LogP contribution in [0.2, 0.25) is 10.0 Å². The molecule has 2 rings (SSSR count). The van der Waals surface area contributed by atoms with E-state index in [-0.39, 0.29) is 10.6 Å². The molecule has 1 N–H and O–H groups in total. The summed E-state index contributed by atoms with van der Waals surface area (Å²) >= 11 is 11.9. The van der Waals surface area contributed by atoms with Crippen molar-refractivity contribution < 1.29 is 14.7 Å². The van der Waals surface area contributed by atoms with E-state index in [4.69, 9.17) is 23.2 Å². The predicted molar refractivity (Wildman–Crippen MR) is 86.8 cm³/mol. The highest BCUT2D eigenvalue weighted by Crippen LogP contribution is 2.26. The number of carbonyl (C=O) groups is 2. The number of amides is 1. The molecule has 1 amide bonds. The summed E-state index contributed by atoms with van der Waals surface area (Å²) in [5.74, 6) is -1.61. The average molecular weight is 338 g/mol. The van der Waals surface area contributed by atoms with E-state index < -0.39 is 17.9 Å². The van der Waals surface area contributed by atoms with Gasteiger partial charge in [-0.1, -0.05) is 41.4 Å². The van der Waals surface area contributed by atoms with Gasteiger partial charge in [-0.05, 0) is 37.3 Å². The number of benzene rings is 2. The second-order valence-corrected chi connectivity index (χ2v) is 5.49. The van der Waals surface area contributed by atoms with E-state index in [1.165, 1.54) is 30.0 Å². The number of para-hydroxylation sites is 1. The lowest BCUT2D eigenvalue weighted by molar-refractivity contribution is -0.138. The van der Waals surface area contributed by atoms with Crippen LogP contribution < -0.4 is 4.90 Å². The molecule has 0 aliphatic carbocycles. The molecule has 6 heteroatoms. The number of carboxylic acids is 1. The zero-order valence-electron chi connectivity index (χ0n) is 11.7. The molecule has 0 spiro atoms. The molecule has 0 saturated heterocycles. The van der Waals surface area contributed by atoms with E-state index in [1.807, 2.05) is 0 Å². The van der Waals surface area contributed by atoms with E-state index >= 15 is 0 Å². The lowest BCUT2D eigenvalue weighted by Crippen LogP contribution is -2.43. The van der Waals surface area contributed by atoms with Gasteiger partial charge < -0.3 is 5.11 Å². The summed E-state index contributed by atoms with van der Waals surface area (Å²) < 4.78 is 0. The van der Waals surface area contributed by atoms with Crippen molar-refractivity contribution in [2.75, 3.05) is 4.90 Å². The van der Waals surface area contributed by atoms with Gasteiger partial charge in [-0.15, -0.1) is 0 Å². The number of rotatable bonds is 4. The molecule has 4 nitrogen and oxygen atoms in total. The second kappa shape index (κ2) is 6.81. The normalized spacial score (nSPS) is 11.8. The number of aliphatic carboxylic acids is 1. The van der Waals surface area contributed by atoms with Gasteiger partial charge in [0, 0.05) is 10.7 Å². The molecule has 0 bridgehead atoms. The SMILES string of the molecule is CC(C(=O)O)N(C(=O)c1ccc(Cl)cc1Cl)c1ccccc1. The van der Waals surface area contributed by atoms with Crippen LogP contribution in [-0.4, -0.2) is 23.0 Å². The highest BCUT2D eigenvalue weighted by Gasteiger charge is 2.29. The first-order chi connectivity index (χ1) is 10.4. The summed E-state index contributed by atoms with van der Waals surface area (Å²) in [7, 11) is 0. The Morgan fingerprint density at radius 3 is 2.27 bits per heavy atom. The summed E-state index contributed by atoms with van der Waals surface area (Å²) in [4.78, 5) is 25.3. The fourth-order valence-electron chi connectivity index (χ4n) is 2.01. The predicted octanol–water partition coefficient (Wildman–Crippen LogP) is 4.11. The molecule has 0 aliphatic heterocycles. The van der Waals surface area contributed by atoms with Gasteiger partial charge in [-0.3, -0.25) is 9.69 Å². The van der Waals surface area contributed by atoms with Crippen LogP contribution in [0.1, 0.15) is 17.3 Å². The number of carbonyl (C=O) groups excluding carboxylic acids is 1. The third-order valence-corrected chi connectivity index (χ3v) is 3.71. The minimum absolute atomic E-state index is 0.177. The van der Waals surface area contributed by atoms with Crippen LogP contribution in [0.4, 0.5) is 5.69 Å². The van der Waals surface area contributed by atoms with E-state index in [2.05, 4.69) is 0 Å². The smallest absolute Gasteiger partial charge is 0.326 e. The van der Waals surface area contributed by atoms with E-state index in [1.54, 1.807) is 30.3 Å². The average Bonchev–Trinajstić information content (AvgIpc) is 2.48. The molecule has 22 heavy (non-hydrogen) atoms. The third kappa shape index (κ3) is 3.40. The minimum Gasteiger partial charge on any atom is -0.480 e. The Bertz CT molecular complexity index is 704. The first-order valence-electron chi connectivity index (χ1n) is 6.48. The van der Waals surface area contributed by atoms with Crippen LogP contribution >= 0.6 is 23.2 Å². The maximum Gasteiger partial charge on any atom is 0.326 e. The molecule has 0 heterocycles. The highest BCUT2D eigenvalue weighted by atomic mass is 35.5. The molecule has 114 valence electrons. The van der Waals surface area contributed by atoms with Gasteiger partial charge >= 0.3 is 5.97 Å². The molecule has 1 atom stereocenters. The first kappa shape index (κ1) is 16.3. The van der Waals surface area contributed by atoms with E-state index in [9.17, 15) is 14.7 Å². The Labute approximate surface area is 137 Å². The van der Waals surface area contributed by atoms with Gasteiger partial charge in [0.05, 0.1) is 10.6 Å². The first-order valence-corrected chi connectivity index (χ1v) is 7.24. The third-order valence-electron chi connectivity index (χ3n) is 3.16. The summed E-state index contributed by atoms with van der Waals surface area (Å²) in [5, 5.41) is 9.85. The van der Waals surface area contributed by atoms with Crippen molar-refractivity contribution in [1.82, 2.24) is 0 Å². The van der Waals surface area contributed by atoms with Gasteiger partial charge in [0.15, 0.2) is 0 Å². The molecule has 0 aromatic heterocycles. The van der Waals surface area contributed by atoms with Gasteiger partial charge in [-0.25, -0.2) is 4.79 Å². The zero-order chi connectivity index (χ0) is 16.3. The van der Waals surface area contributed by atoms with Crippen molar-refractivity contribution in [3.05, 3.63) is 64.1 Å². The fourth-order valence-corrected chi connectivity index (χ4v) is 2.50. The summed E-state index contributed by atoms with van der Waals surface area (Å²) in [5.41, 5.74) is 0.677. The maximum absolute atomic E-state index is 12.8. The number of halogens is 2. The van der Waals surface area contributed by atoms with E-state index in [0.29, 0.717) is 10.7 Å². The molecular weight excluding hydrogens is 325 g/mol. The van der Waals surface area contributed by atoms with Crippen LogP contribution in [0.15, 0.2) is 48.5 Å². The van der Waals surface area contributed by atoms with Crippen LogP contribution in [0, 0.1) is 0 Å².